The Balaban J connectivity index is 1.38. The molecule has 1 aromatic carbocycles. The van der Waals surface area contributed by atoms with Crippen LogP contribution in [0.3, 0.4) is 0 Å². The Hall–Kier alpha value is -2.95. The number of piperidine rings is 1. The highest BCUT2D eigenvalue weighted by molar-refractivity contribution is 6.32. The quantitative estimate of drug-likeness (QED) is 0.485. The number of amides is 2. The number of nitrogens with zero attached hydrogens (tertiary/aromatic N) is 5. The molecule has 11 heteroatoms. The van der Waals surface area contributed by atoms with Crippen LogP contribution in [0.1, 0.15) is 59.5 Å². The van der Waals surface area contributed by atoms with Gasteiger partial charge >= 0.3 is 0 Å². The lowest BCUT2D eigenvalue weighted by Crippen LogP contribution is -2.58. The number of aromatic nitrogens is 2. The molecule has 2 fully saturated rings. The third-order valence-electron chi connectivity index (χ3n) is 7.55. The number of piperazine rings is 1. The van der Waals surface area contributed by atoms with Crippen LogP contribution in [0.4, 0.5) is 11.6 Å². The van der Waals surface area contributed by atoms with Crippen molar-refractivity contribution in [1.82, 2.24) is 25.1 Å². The number of likely N-dealkylation sites (tertiary alicyclic amines) is 1. The molecule has 2 aliphatic heterocycles. The van der Waals surface area contributed by atoms with Gasteiger partial charge in [0.05, 0.1) is 6.61 Å². The summed E-state index contributed by atoms with van der Waals surface area (Å²) in [6.07, 6.45) is 2.84. The number of nitrogens with two attached hydrogens (primary N) is 1. The Bertz CT molecular complexity index is 1140. The molecular weight excluding hydrogens is 506 g/mol. The Kier molecular flexibility index (Phi) is 9.07. The fourth-order valence-electron chi connectivity index (χ4n) is 5.31. The van der Waals surface area contributed by atoms with Gasteiger partial charge in [-0.3, -0.25) is 14.5 Å². The zero-order valence-corrected chi connectivity index (χ0v) is 23.1. The largest absolute Gasteiger partial charge is 0.394 e. The molecule has 2 aromatic rings. The maximum absolute atomic E-state index is 12.9. The summed E-state index contributed by atoms with van der Waals surface area (Å²) in [5, 5.41) is 11.9. The highest BCUT2D eigenvalue weighted by Gasteiger charge is 2.35. The fourth-order valence-corrected chi connectivity index (χ4v) is 5.56. The molecule has 0 bridgehead atoms. The molecule has 4 N–H and O–H groups in total. The van der Waals surface area contributed by atoms with E-state index in [1.165, 1.54) is 0 Å². The molecule has 4 rings (SSSR count). The maximum atomic E-state index is 12.9. The van der Waals surface area contributed by atoms with Crippen molar-refractivity contribution in [2.75, 3.05) is 50.0 Å². The van der Waals surface area contributed by atoms with Gasteiger partial charge in [-0.15, -0.1) is 0 Å². The Labute approximate surface area is 229 Å². The molecule has 2 aliphatic rings. The Morgan fingerprint density at radius 3 is 2.47 bits per heavy atom. The first-order chi connectivity index (χ1) is 18.2. The molecule has 206 valence electrons. The van der Waals surface area contributed by atoms with Gasteiger partial charge in [-0.2, -0.15) is 0 Å². The van der Waals surface area contributed by atoms with Crippen molar-refractivity contribution < 1.29 is 14.7 Å². The van der Waals surface area contributed by atoms with E-state index in [0.29, 0.717) is 24.4 Å². The van der Waals surface area contributed by atoms with Crippen LogP contribution in [0.15, 0.2) is 24.3 Å². The molecule has 38 heavy (non-hydrogen) atoms. The van der Waals surface area contributed by atoms with Gasteiger partial charge in [0.25, 0.3) is 11.8 Å². The van der Waals surface area contributed by atoms with E-state index in [0.717, 1.165) is 56.6 Å². The number of nitrogen functional groups attached to an aromatic ring is 1. The number of carbonyl (C=O) groups is 2. The average molecular weight is 544 g/mol. The molecule has 3 heterocycles. The molecule has 2 amide bonds. The smallest absolute Gasteiger partial charge is 0.274 e. The van der Waals surface area contributed by atoms with E-state index in [-0.39, 0.29) is 29.2 Å². The standard InChI is InChI=1S/C27H38ClN7O3/c1-4-20-15-34(25-23(28)31-22(24(29)32-25)26(37)30-18(3)16-36)13-14-35(20)21-9-11-33(12-10-21)27(38)19-7-5-17(2)6-8-19/h5-8,18,20-21,36H,4,9-16H2,1-3H3,(H2,29,32)(H,30,37)/t18-,20-/m0/s1. The number of hydrogen-bond acceptors (Lipinski definition) is 8. The molecule has 0 saturated carbocycles. The zero-order chi connectivity index (χ0) is 27.4. The van der Waals surface area contributed by atoms with Crippen LogP contribution in [0, 0.1) is 6.92 Å². The highest BCUT2D eigenvalue weighted by Crippen LogP contribution is 2.30. The maximum Gasteiger partial charge on any atom is 0.274 e. The van der Waals surface area contributed by atoms with Gasteiger partial charge in [0.15, 0.2) is 22.5 Å². The van der Waals surface area contributed by atoms with Gasteiger partial charge in [0.2, 0.25) is 0 Å². The molecular formula is C27H38ClN7O3. The fraction of sp³-hybridized carbons (Fsp3) is 0.556. The first-order valence-electron chi connectivity index (χ1n) is 13.3. The van der Waals surface area contributed by atoms with Crippen LogP contribution in [0.2, 0.25) is 5.15 Å². The normalized spacial score (nSPS) is 19.9. The number of aliphatic hydroxyl groups is 1. The minimum Gasteiger partial charge on any atom is -0.394 e. The van der Waals surface area contributed by atoms with Crippen LogP contribution in [-0.2, 0) is 0 Å². The van der Waals surface area contributed by atoms with E-state index in [9.17, 15) is 14.7 Å². The van der Waals surface area contributed by atoms with E-state index in [4.69, 9.17) is 17.3 Å². The van der Waals surface area contributed by atoms with Crippen molar-refractivity contribution in [3.05, 3.63) is 46.2 Å². The van der Waals surface area contributed by atoms with Gasteiger partial charge in [-0.1, -0.05) is 36.2 Å². The number of aryl methyl sites for hydroxylation is 1. The van der Waals surface area contributed by atoms with Crippen molar-refractivity contribution in [2.45, 2.75) is 58.2 Å². The SMILES string of the molecule is CC[C@H]1CN(c2nc(N)c(C(=O)N[C@@H](C)CO)nc2Cl)CCN1C1CCN(C(=O)c2ccc(C)cc2)CC1. The molecule has 2 saturated heterocycles. The summed E-state index contributed by atoms with van der Waals surface area (Å²) < 4.78 is 0. The van der Waals surface area contributed by atoms with Crippen molar-refractivity contribution in [2.24, 2.45) is 0 Å². The molecule has 0 radical (unpaired) electrons. The number of hydrogen-bond donors (Lipinski definition) is 3. The lowest BCUT2D eigenvalue weighted by atomic mass is 9.97. The van der Waals surface area contributed by atoms with Gasteiger partial charge in [-0.25, -0.2) is 9.97 Å². The van der Waals surface area contributed by atoms with E-state index in [1.54, 1.807) is 6.92 Å². The summed E-state index contributed by atoms with van der Waals surface area (Å²) in [7, 11) is 0. The van der Waals surface area contributed by atoms with Crippen LogP contribution in [0.5, 0.6) is 0 Å². The summed E-state index contributed by atoms with van der Waals surface area (Å²) in [5.41, 5.74) is 7.94. The second-order valence-electron chi connectivity index (χ2n) is 10.3. The second kappa shape index (κ2) is 12.3. The molecule has 2 atom stereocenters. The lowest BCUT2D eigenvalue weighted by Gasteiger charge is -2.47. The minimum atomic E-state index is -0.520. The molecule has 1 aromatic heterocycles. The van der Waals surface area contributed by atoms with Crippen LogP contribution in [0.25, 0.3) is 0 Å². The summed E-state index contributed by atoms with van der Waals surface area (Å²) >= 11 is 6.48. The second-order valence-corrected chi connectivity index (χ2v) is 10.6. The number of benzene rings is 1. The molecule has 0 spiro atoms. The van der Waals surface area contributed by atoms with E-state index >= 15 is 0 Å². The summed E-state index contributed by atoms with van der Waals surface area (Å²) in [6.45, 7) is 9.44. The third-order valence-corrected chi connectivity index (χ3v) is 7.80. The molecule has 0 unspecified atom stereocenters. The van der Waals surface area contributed by atoms with Crippen LogP contribution >= 0.6 is 11.6 Å². The number of aliphatic hydroxyl groups excluding tert-OH is 1. The number of rotatable bonds is 7. The molecule has 0 aliphatic carbocycles. The van der Waals surface area contributed by atoms with Gasteiger partial charge in [-0.05, 0) is 45.2 Å². The van der Waals surface area contributed by atoms with Gasteiger partial charge in [0, 0.05) is 56.4 Å². The number of nitrogens with one attached hydrogen (secondary N) is 1. The van der Waals surface area contributed by atoms with Crippen molar-refractivity contribution in [1.29, 1.82) is 0 Å². The van der Waals surface area contributed by atoms with Gasteiger partial charge < -0.3 is 26.0 Å². The topological polar surface area (TPSA) is 128 Å². The Morgan fingerprint density at radius 1 is 1.16 bits per heavy atom. The number of anilines is 2. The van der Waals surface area contributed by atoms with Crippen LogP contribution in [-0.4, -0.2) is 94.1 Å². The molecule has 10 nitrogen and oxygen atoms in total. The minimum absolute atomic E-state index is 0.00753. The van der Waals surface area contributed by atoms with Crippen LogP contribution < -0.4 is 16.0 Å². The Morgan fingerprint density at radius 2 is 1.84 bits per heavy atom. The van der Waals surface area contributed by atoms with Gasteiger partial charge in [0.1, 0.15) is 0 Å². The average Bonchev–Trinajstić information content (AvgIpc) is 2.93. The van der Waals surface area contributed by atoms with E-state index < -0.39 is 11.9 Å². The number of halogens is 1. The predicted octanol–water partition coefficient (Wildman–Crippen LogP) is 2.34. The first-order valence-corrected chi connectivity index (χ1v) is 13.7. The predicted molar refractivity (Wildman–Crippen MR) is 149 cm³/mol. The van der Waals surface area contributed by atoms with Crippen molar-refractivity contribution in [3.8, 4) is 0 Å². The van der Waals surface area contributed by atoms with E-state index in [1.807, 2.05) is 36.1 Å². The zero-order valence-electron chi connectivity index (χ0n) is 22.4. The summed E-state index contributed by atoms with van der Waals surface area (Å²) in [5.74, 6) is 0.0724. The first kappa shape index (κ1) is 28.1. The summed E-state index contributed by atoms with van der Waals surface area (Å²) in [6, 6.07) is 8.05. The number of carbonyl (C=O) groups excluding carboxylic acids is 2. The third kappa shape index (κ3) is 6.19. The lowest BCUT2D eigenvalue weighted by molar-refractivity contribution is 0.0490. The highest BCUT2D eigenvalue weighted by atomic mass is 35.5. The van der Waals surface area contributed by atoms with E-state index in [2.05, 4.69) is 32.0 Å². The summed E-state index contributed by atoms with van der Waals surface area (Å²) in [4.78, 5) is 40.7. The monoisotopic (exact) mass is 543 g/mol. The van der Waals surface area contributed by atoms with Crippen molar-refractivity contribution >= 4 is 35.1 Å². The van der Waals surface area contributed by atoms with Crippen molar-refractivity contribution in [3.63, 3.8) is 0 Å².